The molecule has 0 atom stereocenters. The Hall–Kier alpha value is -3.02. The minimum Gasteiger partial charge on any atom is -0.366 e. The zero-order chi connectivity index (χ0) is 16.1. The van der Waals surface area contributed by atoms with Gasteiger partial charge in [0.2, 0.25) is 5.95 Å². The van der Waals surface area contributed by atoms with Crippen molar-refractivity contribution in [2.24, 2.45) is 0 Å². The van der Waals surface area contributed by atoms with Gasteiger partial charge in [-0.05, 0) is 48.9 Å². The van der Waals surface area contributed by atoms with E-state index in [1.807, 2.05) is 25.1 Å². The maximum absolute atomic E-state index is 12.9. The molecule has 0 saturated carbocycles. The predicted octanol–water partition coefficient (Wildman–Crippen LogP) is 3.67. The highest BCUT2D eigenvalue weighted by Gasteiger charge is 2.03. The second kappa shape index (κ2) is 6.83. The summed E-state index contributed by atoms with van der Waals surface area (Å²) < 4.78 is 12.9. The Balaban J connectivity index is 1.72. The van der Waals surface area contributed by atoms with Crippen molar-refractivity contribution in [2.75, 3.05) is 10.6 Å². The molecule has 0 saturated heterocycles. The summed E-state index contributed by atoms with van der Waals surface area (Å²) in [6, 6.07) is 11.8. The van der Waals surface area contributed by atoms with E-state index < -0.39 is 0 Å². The number of rotatable bonds is 5. The van der Waals surface area contributed by atoms with E-state index in [0.29, 0.717) is 12.5 Å². The molecule has 0 fully saturated rings. The quantitative estimate of drug-likeness (QED) is 0.753. The summed E-state index contributed by atoms with van der Waals surface area (Å²) in [7, 11) is 0. The molecule has 3 rings (SSSR count). The predicted molar refractivity (Wildman–Crippen MR) is 88.0 cm³/mol. The number of pyridine rings is 1. The van der Waals surface area contributed by atoms with Crippen LogP contribution in [0.5, 0.6) is 0 Å². The van der Waals surface area contributed by atoms with Gasteiger partial charge in [-0.1, -0.05) is 0 Å². The number of aryl methyl sites for hydroxylation is 1. The number of benzene rings is 1. The van der Waals surface area contributed by atoms with Crippen LogP contribution in [0.1, 0.15) is 11.3 Å². The van der Waals surface area contributed by atoms with E-state index in [9.17, 15) is 4.39 Å². The van der Waals surface area contributed by atoms with E-state index in [-0.39, 0.29) is 5.82 Å². The van der Waals surface area contributed by atoms with Gasteiger partial charge in [-0.2, -0.15) is 4.98 Å². The number of nitrogens with zero attached hydrogens (tertiary/aromatic N) is 3. The molecule has 2 N–H and O–H groups in total. The van der Waals surface area contributed by atoms with Gasteiger partial charge in [-0.15, -0.1) is 0 Å². The molecule has 0 spiro atoms. The van der Waals surface area contributed by atoms with Crippen molar-refractivity contribution in [1.82, 2.24) is 15.0 Å². The monoisotopic (exact) mass is 309 g/mol. The Labute approximate surface area is 133 Å². The molecular formula is C17H16FN5. The Kier molecular flexibility index (Phi) is 4.42. The summed E-state index contributed by atoms with van der Waals surface area (Å²) in [5, 5.41) is 6.33. The van der Waals surface area contributed by atoms with Crippen molar-refractivity contribution in [3.63, 3.8) is 0 Å². The molecule has 0 amide bonds. The average Bonchev–Trinajstić information content (AvgIpc) is 2.56. The first-order valence-corrected chi connectivity index (χ1v) is 7.20. The first-order valence-electron chi connectivity index (χ1n) is 7.20. The SMILES string of the molecule is Cc1cc(NCc2ccncc2)nc(Nc2ccc(F)cc2)n1. The van der Waals surface area contributed by atoms with Gasteiger partial charge >= 0.3 is 0 Å². The van der Waals surface area contributed by atoms with Crippen LogP contribution in [0.3, 0.4) is 0 Å². The van der Waals surface area contributed by atoms with Gasteiger partial charge in [0.1, 0.15) is 11.6 Å². The van der Waals surface area contributed by atoms with Crippen molar-refractivity contribution >= 4 is 17.5 Å². The fourth-order valence-corrected chi connectivity index (χ4v) is 2.07. The largest absolute Gasteiger partial charge is 0.366 e. The molecule has 0 aliphatic heterocycles. The van der Waals surface area contributed by atoms with Gasteiger partial charge in [0, 0.05) is 36.4 Å². The highest BCUT2D eigenvalue weighted by Crippen LogP contribution is 2.16. The van der Waals surface area contributed by atoms with Crippen LogP contribution >= 0.6 is 0 Å². The Morgan fingerprint density at radius 1 is 1.00 bits per heavy atom. The molecule has 0 unspecified atom stereocenters. The van der Waals surface area contributed by atoms with E-state index in [4.69, 9.17) is 0 Å². The molecule has 0 aliphatic carbocycles. The zero-order valence-corrected chi connectivity index (χ0v) is 12.6. The van der Waals surface area contributed by atoms with Crippen LogP contribution in [0.4, 0.5) is 21.8 Å². The summed E-state index contributed by atoms with van der Waals surface area (Å²) in [6.07, 6.45) is 3.51. The second-order valence-corrected chi connectivity index (χ2v) is 5.06. The number of anilines is 3. The third-order valence-corrected chi connectivity index (χ3v) is 3.18. The Morgan fingerprint density at radius 3 is 2.48 bits per heavy atom. The minimum absolute atomic E-state index is 0.277. The Bertz CT molecular complexity index is 775. The highest BCUT2D eigenvalue weighted by molar-refractivity contribution is 5.55. The molecule has 2 heterocycles. The maximum Gasteiger partial charge on any atom is 0.229 e. The molecule has 0 aliphatic rings. The number of halogens is 1. The molecule has 5 nitrogen and oxygen atoms in total. The number of hydrogen-bond acceptors (Lipinski definition) is 5. The van der Waals surface area contributed by atoms with Crippen molar-refractivity contribution in [2.45, 2.75) is 13.5 Å². The summed E-state index contributed by atoms with van der Waals surface area (Å²) in [5.74, 6) is 0.910. The first kappa shape index (κ1) is 14.9. The number of nitrogens with one attached hydrogen (secondary N) is 2. The Morgan fingerprint density at radius 2 is 1.74 bits per heavy atom. The molecular weight excluding hydrogens is 293 g/mol. The first-order chi connectivity index (χ1) is 11.2. The molecule has 0 radical (unpaired) electrons. The third kappa shape index (κ3) is 4.23. The van der Waals surface area contributed by atoms with Gasteiger partial charge in [0.15, 0.2) is 0 Å². The topological polar surface area (TPSA) is 62.7 Å². The van der Waals surface area contributed by atoms with Crippen molar-refractivity contribution in [1.29, 1.82) is 0 Å². The van der Waals surface area contributed by atoms with Crippen LogP contribution in [-0.4, -0.2) is 15.0 Å². The molecule has 3 aromatic rings. The summed E-state index contributed by atoms with van der Waals surface area (Å²) in [5.41, 5.74) is 2.68. The standard InChI is InChI=1S/C17H16FN5/c1-12-10-16(20-11-13-6-8-19-9-7-13)23-17(21-12)22-15-4-2-14(18)3-5-15/h2-10H,11H2,1H3,(H2,20,21,22,23). The fourth-order valence-electron chi connectivity index (χ4n) is 2.07. The zero-order valence-electron chi connectivity index (χ0n) is 12.6. The molecule has 2 aromatic heterocycles. The van der Waals surface area contributed by atoms with E-state index in [1.165, 1.54) is 12.1 Å². The van der Waals surface area contributed by atoms with Crippen LogP contribution in [0.2, 0.25) is 0 Å². The molecule has 23 heavy (non-hydrogen) atoms. The van der Waals surface area contributed by atoms with Crippen LogP contribution in [-0.2, 0) is 6.54 Å². The van der Waals surface area contributed by atoms with Crippen molar-refractivity contribution in [3.8, 4) is 0 Å². The van der Waals surface area contributed by atoms with Crippen molar-refractivity contribution in [3.05, 3.63) is 71.9 Å². The lowest BCUT2D eigenvalue weighted by Gasteiger charge is -2.10. The van der Waals surface area contributed by atoms with E-state index >= 15 is 0 Å². The smallest absolute Gasteiger partial charge is 0.229 e. The lowest BCUT2D eigenvalue weighted by molar-refractivity contribution is 0.628. The maximum atomic E-state index is 12.9. The summed E-state index contributed by atoms with van der Waals surface area (Å²) in [6.45, 7) is 2.55. The molecule has 6 heteroatoms. The van der Waals surface area contributed by atoms with E-state index in [0.717, 1.165) is 22.8 Å². The summed E-state index contributed by atoms with van der Waals surface area (Å²) >= 11 is 0. The van der Waals surface area contributed by atoms with E-state index in [2.05, 4.69) is 25.6 Å². The molecule has 0 bridgehead atoms. The van der Waals surface area contributed by atoms with Gasteiger partial charge in [0.25, 0.3) is 0 Å². The van der Waals surface area contributed by atoms with Gasteiger partial charge in [-0.25, -0.2) is 9.37 Å². The highest BCUT2D eigenvalue weighted by atomic mass is 19.1. The van der Waals surface area contributed by atoms with Crippen molar-refractivity contribution < 1.29 is 4.39 Å². The average molecular weight is 309 g/mol. The van der Waals surface area contributed by atoms with Crippen LogP contribution in [0.25, 0.3) is 0 Å². The van der Waals surface area contributed by atoms with Gasteiger partial charge in [-0.3, -0.25) is 4.98 Å². The van der Waals surface area contributed by atoms with Crippen LogP contribution < -0.4 is 10.6 Å². The van der Waals surface area contributed by atoms with Gasteiger partial charge in [0.05, 0.1) is 0 Å². The normalized spacial score (nSPS) is 10.3. The third-order valence-electron chi connectivity index (χ3n) is 3.18. The fraction of sp³-hybridized carbons (Fsp3) is 0.118. The lowest BCUT2D eigenvalue weighted by atomic mass is 10.3. The van der Waals surface area contributed by atoms with Crippen LogP contribution in [0.15, 0.2) is 54.9 Å². The molecule has 1 aromatic carbocycles. The summed E-state index contributed by atoms with van der Waals surface area (Å²) in [4.78, 5) is 12.8. The number of aromatic nitrogens is 3. The lowest BCUT2D eigenvalue weighted by Crippen LogP contribution is -2.05. The van der Waals surface area contributed by atoms with E-state index in [1.54, 1.807) is 24.5 Å². The number of hydrogen-bond donors (Lipinski definition) is 2. The minimum atomic E-state index is -0.277. The second-order valence-electron chi connectivity index (χ2n) is 5.06. The van der Waals surface area contributed by atoms with Gasteiger partial charge < -0.3 is 10.6 Å². The van der Waals surface area contributed by atoms with Crippen LogP contribution in [0, 0.1) is 12.7 Å². The molecule has 116 valence electrons.